The third-order valence-electron chi connectivity index (χ3n) is 4.83. The van der Waals surface area contributed by atoms with E-state index in [1.54, 1.807) is 12.1 Å². The Labute approximate surface area is 164 Å². The zero-order valence-corrected chi connectivity index (χ0v) is 16.5. The average Bonchev–Trinajstić information content (AvgIpc) is 2.64. The summed E-state index contributed by atoms with van der Waals surface area (Å²) in [4.78, 5) is 17.3. The maximum Gasteiger partial charge on any atom is 0.257 e. The molecule has 0 saturated heterocycles. The van der Waals surface area contributed by atoms with Crippen LogP contribution < -0.4 is 5.32 Å². The minimum absolute atomic E-state index is 0.0162. The molecule has 0 saturated carbocycles. The van der Waals surface area contributed by atoms with E-state index < -0.39 is 0 Å². The Kier molecular flexibility index (Phi) is 6.07. The monoisotopic (exact) mass is 391 g/mol. The van der Waals surface area contributed by atoms with E-state index in [-0.39, 0.29) is 12.1 Å². The number of hydrogen-bond acceptors (Lipinski definition) is 3. The Morgan fingerprint density at radius 3 is 2.54 bits per heavy atom. The summed E-state index contributed by atoms with van der Waals surface area (Å²) in [5.41, 5.74) is 2.36. The van der Waals surface area contributed by atoms with Gasteiger partial charge in [0, 0.05) is 34.4 Å². The highest BCUT2D eigenvalue weighted by Gasteiger charge is 2.33. The van der Waals surface area contributed by atoms with E-state index in [1.807, 2.05) is 35.2 Å². The molecular weight excluding hydrogens is 369 g/mol. The van der Waals surface area contributed by atoms with Gasteiger partial charge in [0.05, 0.1) is 5.56 Å². The lowest BCUT2D eigenvalue weighted by atomic mass is 10.0. The van der Waals surface area contributed by atoms with Crippen LogP contribution in [0.5, 0.6) is 0 Å². The van der Waals surface area contributed by atoms with Crippen LogP contribution in [0.2, 0.25) is 10.0 Å². The average molecular weight is 392 g/mol. The molecular formula is C20H23Cl2N3O. The topological polar surface area (TPSA) is 35.6 Å². The van der Waals surface area contributed by atoms with Gasteiger partial charge in [0.2, 0.25) is 0 Å². The lowest BCUT2D eigenvalue weighted by Crippen LogP contribution is -2.46. The van der Waals surface area contributed by atoms with Crippen molar-refractivity contribution < 1.29 is 4.79 Å². The molecule has 3 rings (SSSR count). The second-order valence-electron chi connectivity index (χ2n) is 6.28. The van der Waals surface area contributed by atoms with Gasteiger partial charge in [-0.2, -0.15) is 0 Å². The van der Waals surface area contributed by atoms with E-state index in [2.05, 4.69) is 24.1 Å². The third-order valence-corrected chi connectivity index (χ3v) is 5.39. The molecule has 0 spiro atoms. The number of benzene rings is 2. The minimum Gasteiger partial charge on any atom is -0.361 e. The van der Waals surface area contributed by atoms with Crippen LogP contribution >= 0.6 is 23.2 Å². The number of hydrogen-bond donors (Lipinski definition) is 1. The summed E-state index contributed by atoms with van der Waals surface area (Å²) < 4.78 is 0. The number of fused-ring (bicyclic) bond motifs is 1. The zero-order chi connectivity index (χ0) is 18.7. The molecule has 1 unspecified atom stereocenters. The van der Waals surface area contributed by atoms with Crippen molar-refractivity contribution in [1.82, 2.24) is 9.80 Å². The van der Waals surface area contributed by atoms with Gasteiger partial charge in [0.15, 0.2) is 0 Å². The number of halogens is 2. The lowest BCUT2D eigenvalue weighted by molar-refractivity contribution is 0.0660. The van der Waals surface area contributed by atoms with E-state index in [0.717, 1.165) is 30.9 Å². The number of nitrogens with zero attached hydrogens (tertiary/aromatic N) is 2. The molecule has 0 aliphatic carbocycles. The molecule has 2 aromatic rings. The van der Waals surface area contributed by atoms with E-state index in [0.29, 0.717) is 22.2 Å². The summed E-state index contributed by atoms with van der Waals surface area (Å²) in [6.07, 6.45) is -0.322. The van der Waals surface area contributed by atoms with Gasteiger partial charge in [-0.1, -0.05) is 55.2 Å². The maximum atomic E-state index is 13.2. The largest absolute Gasteiger partial charge is 0.361 e. The molecule has 138 valence electrons. The summed E-state index contributed by atoms with van der Waals surface area (Å²) in [7, 11) is 0. The molecule has 1 aliphatic rings. The second kappa shape index (κ2) is 8.30. The van der Waals surface area contributed by atoms with Crippen LogP contribution in [0.1, 0.15) is 35.9 Å². The molecule has 1 heterocycles. The van der Waals surface area contributed by atoms with Crippen molar-refractivity contribution in [3.05, 3.63) is 63.6 Å². The molecule has 6 heteroatoms. The van der Waals surface area contributed by atoms with Gasteiger partial charge >= 0.3 is 0 Å². The molecule has 26 heavy (non-hydrogen) atoms. The van der Waals surface area contributed by atoms with E-state index in [4.69, 9.17) is 23.2 Å². The zero-order valence-electron chi connectivity index (χ0n) is 15.0. The Hall–Kier alpha value is -1.75. The van der Waals surface area contributed by atoms with Gasteiger partial charge in [0.25, 0.3) is 5.91 Å². The molecule has 1 N–H and O–H groups in total. The Bertz CT molecular complexity index is 792. The molecule has 1 aliphatic heterocycles. The van der Waals surface area contributed by atoms with E-state index >= 15 is 0 Å². The number of carbonyl (C=O) groups is 1. The van der Waals surface area contributed by atoms with Gasteiger partial charge in [0.1, 0.15) is 6.17 Å². The summed E-state index contributed by atoms with van der Waals surface area (Å²) in [5, 5.41) is 4.60. The number of para-hydroxylation sites is 1. The molecule has 4 nitrogen and oxygen atoms in total. The van der Waals surface area contributed by atoms with Crippen LogP contribution in [-0.2, 0) is 0 Å². The predicted molar refractivity (Wildman–Crippen MR) is 108 cm³/mol. The van der Waals surface area contributed by atoms with Crippen LogP contribution in [0.25, 0.3) is 0 Å². The summed E-state index contributed by atoms with van der Waals surface area (Å²) in [6.45, 7) is 7.59. The highest BCUT2D eigenvalue weighted by Crippen LogP contribution is 2.36. The summed E-state index contributed by atoms with van der Waals surface area (Å²) >= 11 is 12.5. The van der Waals surface area contributed by atoms with Crippen molar-refractivity contribution in [1.29, 1.82) is 0 Å². The minimum atomic E-state index is -0.322. The molecule has 0 fully saturated rings. The smallest absolute Gasteiger partial charge is 0.257 e. The Morgan fingerprint density at radius 2 is 1.85 bits per heavy atom. The third kappa shape index (κ3) is 3.83. The van der Waals surface area contributed by atoms with Gasteiger partial charge in [-0.15, -0.1) is 0 Å². The first-order chi connectivity index (χ1) is 12.5. The number of likely N-dealkylation sites (N-methyl/N-ethyl adjacent to an activating group) is 1. The van der Waals surface area contributed by atoms with Crippen molar-refractivity contribution in [2.45, 2.75) is 20.0 Å². The van der Waals surface area contributed by atoms with Crippen molar-refractivity contribution in [2.24, 2.45) is 0 Å². The van der Waals surface area contributed by atoms with E-state index in [1.165, 1.54) is 0 Å². The molecule has 0 aromatic heterocycles. The van der Waals surface area contributed by atoms with Crippen LogP contribution in [0.3, 0.4) is 0 Å². The summed E-state index contributed by atoms with van der Waals surface area (Å²) in [6, 6.07) is 13.0. The second-order valence-corrected chi connectivity index (χ2v) is 7.13. The number of carbonyl (C=O) groups excluding carboxylic acids is 1. The molecule has 0 radical (unpaired) electrons. The van der Waals surface area contributed by atoms with Crippen molar-refractivity contribution >= 4 is 34.8 Å². The number of amides is 1. The number of nitrogens with one attached hydrogen (secondary N) is 1. The van der Waals surface area contributed by atoms with Crippen molar-refractivity contribution in [2.75, 3.05) is 31.5 Å². The number of rotatable bonds is 6. The van der Waals surface area contributed by atoms with Crippen molar-refractivity contribution in [3.8, 4) is 0 Å². The normalized spacial score (nSPS) is 16.6. The Morgan fingerprint density at radius 1 is 1.12 bits per heavy atom. The molecule has 0 bridgehead atoms. The van der Waals surface area contributed by atoms with E-state index in [9.17, 15) is 4.79 Å². The fourth-order valence-electron chi connectivity index (χ4n) is 3.28. The fraction of sp³-hybridized carbons (Fsp3) is 0.350. The summed E-state index contributed by atoms with van der Waals surface area (Å²) in [5.74, 6) is 0.0162. The van der Waals surface area contributed by atoms with Gasteiger partial charge in [-0.25, -0.2) is 0 Å². The molecule has 1 amide bonds. The first-order valence-corrected chi connectivity index (χ1v) is 9.64. The fourth-order valence-corrected chi connectivity index (χ4v) is 3.79. The highest BCUT2D eigenvalue weighted by molar-refractivity contribution is 6.35. The van der Waals surface area contributed by atoms with Crippen LogP contribution in [0, 0.1) is 0 Å². The van der Waals surface area contributed by atoms with Gasteiger partial charge < -0.3 is 15.1 Å². The van der Waals surface area contributed by atoms with Gasteiger partial charge in [-0.3, -0.25) is 4.79 Å². The van der Waals surface area contributed by atoms with Gasteiger partial charge in [-0.05, 0) is 37.4 Å². The lowest BCUT2D eigenvalue weighted by Gasteiger charge is -2.39. The first-order valence-electron chi connectivity index (χ1n) is 8.89. The van der Waals surface area contributed by atoms with Crippen LogP contribution in [0.4, 0.5) is 5.69 Å². The highest BCUT2D eigenvalue weighted by atomic mass is 35.5. The maximum absolute atomic E-state index is 13.2. The molecule has 1 atom stereocenters. The SMILES string of the molecule is CCN(CC)CCN1C(=O)c2ccccc2NC1c1ccc(Cl)cc1Cl. The standard InChI is InChI=1S/C20H23Cl2N3O/c1-3-24(4-2)11-12-25-19(15-10-9-14(21)13-17(15)22)23-18-8-6-5-7-16(18)20(25)26/h5-10,13,19,23H,3-4,11-12H2,1-2H3. The Balaban J connectivity index is 1.96. The molecule has 2 aromatic carbocycles. The van der Waals surface area contributed by atoms with Crippen molar-refractivity contribution in [3.63, 3.8) is 0 Å². The van der Waals surface area contributed by atoms with Crippen LogP contribution in [-0.4, -0.2) is 41.9 Å². The predicted octanol–water partition coefficient (Wildman–Crippen LogP) is 4.90. The first kappa shape index (κ1) is 19.0. The van der Waals surface area contributed by atoms with Crippen LogP contribution in [0.15, 0.2) is 42.5 Å². The quantitative estimate of drug-likeness (QED) is 0.760. The number of anilines is 1.